The minimum absolute atomic E-state index is 0.704. The predicted octanol–water partition coefficient (Wildman–Crippen LogP) is 1.03. The van der Waals surface area contributed by atoms with Crippen molar-refractivity contribution in [3.05, 3.63) is 0 Å². The number of hydrogen-bond acceptors (Lipinski definition) is 2. The summed E-state index contributed by atoms with van der Waals surface area (Å²) in [5.74, 6) is 0. The number of likely N-dealkylation sites (N-methyl/N-ethyl adjacent to an activating group) is 1. The largest absolute Gasteiger partial charge is 0.304 e. The molecule has 12 heavy (non-hydrogen) atoms. The topological polar surface area (TPSA) is 6.48 Å². The zero-order chi connectivity index (χ0) is 8.60. The van der Waals surface area contributed by atoms with E-state index in [-0.39, 0.29) is 0 Å². The minimum Gasteiger partial charge on any atom is -0.304 e. The fraction of sp³-hybridized carbons (Fsp3) is 1.00. The maximum absolute atomic E-state index is 2.63. The maximum atomic E-state index is 2.63. The molecule has 2 nitrogen and oxygen atoms in total. The van der Waals surface area contributed by atoms with Crippen molar-refractivity contribution in [3.63, 3.8) is 0 Å². The quantitative estimate of drug-likeness (QED) is 0.608. The molecular weight excluding hydrogens is 148 g/mol. The fourth-order valence-corrected chi connectivity index (χ4v) is 1.92. The molecule has 70 valence electrons. The number of rotatable bonds is 2. The molecule has 0 atom stereocenters. The normalized spacial score (nSPS) is 30.5. The maximum Gasteiger partial charge on any atom is 0.0110 e. The van der Waals surface area contributed by atoms with E-state index in [1.165, 1.54) is 45.6 Å². The van der Waals surface area contributed by atoms with Gasteiger partial charge in [-0.3, -0.25) is 0 Å². The van der Waals surface area contributed by atoms with E-state index in [2.05, 4.69) is 23.8 Å². The highest BCUT2D eigenvalue weighted by Crippen LogP contribution is 2.45. The summed E-state index contributed by atoms with van der Waals surface area (Å²) in [7, 11) is 2.22. The van der Waals surface area contributed by atoms with Crippen LogP contribution in [0, 0.1) is 5.41 Å². The Kier molecular flexibility index (Phi) is 2.13. The van der Waals surface area contributed by atoms with E-state index in [1.807, 2.05) is 0 Å². The molecule has 0 unspecified atom stereocenters. The molecule has 2 heteroatoms. The Bertz CT molecular complexity index is 155. The van der Waals surface area contributed by atoms with Gasteiger partial charge in [-0.2, -0.15) is 0 Å². The van der Waals surface area contributed by atoms with Crippen molar-refractivity contribution in [1.82, 2.24) is 9.80 Å². The van der Waals surface area contributed by atoms with Gasteiger partial charge in [0.1, 0.15) is 0 Å². The van der Waals surface area contributed by atoms with Gasteiger partial charge in [-0.15, -0.1) is 0 Å². The summed E-state index contributed by atoms with van der Waals surface area (Å²) in [6, 6.07) is 0. The highest BCUT2D eigenvalue weighted by atomic mass is 15.2. The van der Waals surface area contributed by atoms with E-state index in [0.29, 0.717) is 5.41 Å². The van der Waals surface area contributed by atoms with Crippen molar-refractivity contribution in [3.8, 4) is 0 Å². The second-order valence-corrected chi connectivity index (χ2v) is 4.89. The SMILES string of the molecule is CN1CCN(CC2(C)CC2)CC1. The van der Waals surface area contributed by atoms with Gasteiger partial charge >= 0.3 is 0 Å². The van der Waals surface area contributed by atoms with Crippen LogP contribution in [0.1, 0.15) is 19.8 Å². The molecule has 0 amide bonds. The van der Waals surface area contributed by atoms with Gasteiger partial charge < -0.3 is 9.80 Å². The van der Waals surface area contributed by atoms with Crippen molar-refractivity contribution >= 4 is 0 Å². The smallest absolute Gasteiger partial charge is 0.0110 e. The van der Waals surface area contributed by atoms with Crippen LogP contribution in [0.15, 0.2) is 0 Å². The van der Waals surface area contributed by atoms with Crippen molar-refractivity contribution in [2.75, 3.05) is 39.8 Å². The Morgan fingerprint density at radius 1 is 1.08 bits per heavy atom. The summed E-state index contributed by atoms with van der Waals surface area (Å²) < 4.78 is 0. The van der Waals surface area contributed by atoms with E-state index in [4.69, 9.17) is 0 Å². The highest BCUT2D eigenvalue weighted by Gasteiger charge is 2.38. The Balaban J connectivity index is 1.75. The molecule has 0 aromatic heterocycles. The number of hydrogen-bond donors (Lipinski definition) is 0. The molecule has 0 spiro atoms. The summed E-state index contributed by atoms with van der Waals surface area (Å²) in [4.78, 5) is 5.05. The lowest BCUT2D eigenvalue weighted by molar-refractivity contribution is 0.134. The molecule has 0 N–H and O–H groups in total. The van der Waals surface area contributed by atoms with Gasteiger partial charge in [0.2, 0.25) is 0 Å². The first-order valence-corrected chi connectivity index (χ1v) is 5.09. The Hall–Kier alpha value is -0.0800. The van der Waals surface area contributed by atoms with Crippen molar-refractivity contribution in [1.29, 1.82) is 0 Å². The summed E-state index contributed by atoms with van der Waals surface area (Å²) in [5.41, 5.74) is 0.704. The molecule has 2 aliphatic rings. The standard InChI is InChI=1S/C10H20N2/c1-10(3-4-10)9-12-7-5-11(2)6-8-12/h3-9H2,1-2H3. The molecule has 0 radical (unpaired) electrons. The fourth-order valence-electron chi connectivity index (χ4n) is 1.92. The van der Waals surface area contributed by atoms with E-state index in [1.54, 1.807) is 0 Å². The van der Waals surface area contributed by atoms with Crippen LogP contribution in [0.3, 0.4) is 0 Å². The average molecular weight is 168 g/mol. The van der Waals surface area contributed by atoms with E-state index < -0.39 is 0 Å². The molecule has 2 fully saturated rings. The van der Waals surface area contributed by atoms with E-state index in [9.17, 15) is 0 Å². The molecule has 2 rings (SSSR count). The Labute approximate surface area is 75.5 Å². The van der Waals surface area contributed by atoms with Gasteiger partial charge in [0.15, 0.2) is 0 Å². The van der Waals surface area contributed by atoms with E-state index in [0.717, 1.165) is 0 Å². The van der Waals surface area contributed by atoms with Gasteiger partial charge in [-0.05, 0) is 25.3 Å². The van der Waals surface area contributed by atoms with Gasteiger partial charge in [0, 0.05) is 32.7 Å². The molecule has 1 saturated heterocycles. The Morgan fingerprint density at radius 2 is 1.67 bits per heavy atom. The highest BCUT2D eigenvalue weighted by molar-refractivity contribution is 4.92. The van der Waals surface area contributed by atoms with Gasteiger partial charge in [-0.25, -0.2) is 0 Å². The first-order valence-electron chi connectivity index (χ1n) is 5.09. The van der Waals surface area contributed by atoms with Crippen LogP contribution in [0.4, 0.5) is 0 Å². The molecule has 1 saturated carbocycles. The first-order chi connectivity index (χ1) is 5.68. The van der Waals surface area contributed by atoms with Crippen LogP contribution in [-0.2, 0) is 0 Å². The summed E-state index contributed by atoms with van der Waals surface area (Å²) in [5, 5.41) is 0. The zero-order valence-corrected chi connectivity index (χ0v) is 8.34. The molecular formula is C10H20N2. The average Bonchev–Trinajstić information content (AvgIpc) is 2.74. The van der Waals surface area contributed by atoms with Crippen LogP contribution in [0.25, 0.3) is 0 Å². The molecule has 0 bridgehead atoms. The van der Waals surface area contributed by atoms with Crippen molar-refractivity contribution in [2.24, 2.45) is 5.41 Å². The number of nitrogens with zero attached hydrogens (tertiary/aromatic N) is 2. The third-order valence-electron chi connectivity index (χ3n) is 3.30. The minimum atomic E-state index is 0.704. The third kappa shape index (κ3) is 1.99. The van der Waals surface area contributed by atoms with Gasteiger partial charge in [0.05, 0.1) is 0 Å². The van der Waals surface area contributed by atoms with Crippen molar-refractivity contribution in [2.45, 2.75) is 19.8 Å². The van der Waals surface area contributed by atoms with Crippen LogP contribution in [0.2, 0.25) is 0 Å². The summed E-state index contributed by atoms with van der Waals surface area (Å²) >= 11 is 0. The molecule has 1 aliphatic carbocycles. The number of piperazine rings is 1. The summed E-state index contributed by atoms with van der Waals surface area (Å²) in [6.45, 7) is 8.86. The monoisotopic (exact) mass is 168 g/mol. The first kappa shape index (κ1) is 8.52. The van der Waals surface area contributed by atoms with Crippen LogP contribution in [0.5, 0.6) is 0 Å². The molecule has 1 aliphatic heterocycles. The van der Waals surface area contributed by atoms with Crippen molar-refractivity contribution < 1.29 is 0 Å². The Morgan fingerprint density at radius 3 is 2.17 bits per heavy atom. The molecule has 0 aromatic carbocycles. The van der Waals surface area contributed by atoms with Gasteiger partial charge in [0.25, 0.3) is 0 Å². The van der Waals surface area contributed by atoms with Crippen LogP contribution in [-0.4, -0.2) is 49.6 Å². The van der Waals surface area contributed by atoms with E-state index >= 15 is 0 Å². The van der Waals surface area contributed by atoms with Crippen LogP contribution < -0.4 is 0 Å². The summed E-state index contributed by atoms with van der Waals surface area (Å²) in [6.07, 6.45) is 2.92. The van der Waals surface area contributed by atoms with Crippen LogP contribution >= 0.6 is 0 Å². The third-order valence-corrected chi connectivity index (χ3v) is 3.30. The second-order valence-electron chi connectivity index (χ2n) is 4.89. The van der Waals surface area contributed by atoms with Gasteiger partial charge in [-0.1, -0.05) is 6.92 Å². The lowest BCUT2D eigenvalue weighted by atomic mass is 10.1. The predicted molar refractivity (Wildman–Crippen MR) is 51.3 cm³/mol. The lowest BCUT2D eigenvalue weighted by Crippen LogP contribution is -2.46. The lowest BCUT2D eigenvalue weighted by Gasteiger charge is -2.34. The zero-order valence-electron chi connectivity index (χ0n) is 8.34. The second kappa shape index (κ2) is 3.00. The molecule has 0 aromatic rings. The molecule has 1 heterocycles.